The fourth-order valence-electron chi connectivity index (χ4n) is 5.13. The first kappa shape index (κ1) is 21.9. The van der Waals surface area contributed by atoms with Crippen molar-refractivity contribution in [1.29, 1.82) is 0 Å². The van der Waals surface area contributed by atoms with Crippen LogP contribution in [0, 0.1) is 5.82 Å². The molecule has 0 aromatic carbocycles. The predicted molar refractivity (Wildman–Crippen MR) is 113 cm³/mol. The van der Waals surface area contributed by atoms with Crippen LogP contribution in [-0.4, -0.2) is 83.2 Å². The topological polar surface area (TPSA) is 63.6 Å². The second-order valence-electron chi connectivity index (χ2n) is 8.96. The highest BCUT2D eigenvalue weighted by Gasteiger charge is 2.49. The van der Waals surface area contributed by atoms with E-state index < -0.39 is 23.7 Å². The van der Waals surface area contributed by atoms with E-state index in [2.05, 4.69) is 19.9 Å². The molecule has 11 heteroatoms. The molecule has 0 aliphatic carbocycles. The average molecular weight is 472 g/mol. The van der Waals surface area contributed by atoms with Crippen molar-refractivity contribution in [1.82, 2.24) is 19.9 Å². The Bertz CT molecular complexity index is 1020. The summed E-state index contributed by atoms with van der Waals surface area (Å²) in [7, 11) is 0. The van der Waals surface area contributed by atoms with Gasteiger partial charge in [-0.05, 0) is 26.3 Å². The number of anilines is 1. The molecule has 5 rings (SSSR count). The minimum Gasteiger partial charge on any atom is -0.461 e. The molecule has 2 aromatic rings. The first-order chi connectivity index (χ1) is 15.4. The molecule has 0 radical (unpaired) electrons. The number of hydrogen-bond donors (Lipinski definition) is 0. The van der Waals surface area contributed by atoms with Crippen LogP contribution >= 0.6 is 11.6 Å². The molecular weight excluding hydrogens is 447 g/mol. The second-order valence-corrected chi connectivity index (χ2v) is 9.31. The molecular formula is C21H25ClF3N5O2. The molecule has 3 aliphatic rings. The highest BCUT2D eigenvalue weighted by molar-refractivity contribution is 6.30. The summed E-state index contributed by atoms with van der Waals surface area (Å²) in [6.07, 6.45) is 1.44. The summed E-state index contributed by atoms with van der Waals surface area (Å²) in [4.78, 5) is 16.5. The molecule has 4 atom stereocenters. The summed E-state index contributed by atoms with van der Waals surface area (Å²) in [6, 6.07) is -0.267. The molecule has 32 heavy (non-hydrogen) atoms. The third-order valence-electron chi connectivity index (χ3n) is 6.69. The van der Waals surface area contributed by atoms with Crippen molar-refractivity contribution in [2.24, 2.45) is 0 Å². The van der Waals surface area contributed by atoms with Crippen molar-refractivity contribution < 1.29 is 22.6 Å². The van der Waals surface area contributed by atoms with Gasteiger partial charge in [0.05, 0.1) is 36.7 Å². The zero-order valence-electron chi connectivity index (χ0n) is 17.7. The number of halogens is 4. The van der Waals surface area contributed by atoms with Crippen LogP contribution in [0.5, 0.6) is 6.01 Å². The Hall–Kier alpha value is -1.91. The van der Waals surface area contributed by atoms with Gasteiger partial charge in [0.15, 0.2) is 11.0 Å². The van der Waals surface area contributed by atoms with Crippen LogP contribution < -0.4 is 9.64 Å². The van der Waals surface area contributed by atoms with Crippen molar-refractivity contribution in [2.45, 2.75) is 50.1 Å². The van der Waals surface area contributed by atoms with Crippen molar-refractivity contribution in [3.05, 3.63) is 17.2 Å². The predicted octanol–water partition coefficient (Wildman–Crippen LogP) is 3.34. The smallest absolute Gasteiger partial charge is 0.319 e. The van der Waals surface area contributed by atoms with Crippen molar-refractivity contribution in [3.63, 3.8) is 0 Å². The number of alkyl halides is 2. The van der Waals surface area contributed by atoms with Gasteiger partial charge >= 0.3 is 6.01 Å². The fraction of sp³-hybridized carbons (Fsp3) is 0.667. The Morgan fingerprint density at radius 1 is 1.25 bits per heavy atom. The maximum absolute atomic E-state index is 14.9. The number of fused-ring (bicyclic) bond motifs is 2. The van der Waals surface area contributed by atoms with E-state index in [4.69, 9.17) is 21.1 Å². The number of ether oxygens (including phenoxy) is 2. The van der Waals surface area contributed by atoms with Gasteiger partial charge in [-0.25, -0.2) is 18.2 Å². The van der Waals surface area contributed by atoms with E-state index >= 15 is 0 Å². The SMILES string of the molecule is CC1COCC(F)CN1c1nc(OC[C@@]23CCCN2C[C@H](F)C3)nc2c(F)c(Cl)ncc12. The van der Waals surface area contributed by atoms with Crippen LogP contribution in [0.25, 0.3) is 10.9 Å². The Balaban J connectivity index is 1.53. The van der Waals surface area contributed by atoms with Gasteiger partial charge in [-0.15, -0.1) is 0 Å². The Morgan fingerprint density at radius 2 is 2.09 bits per heavy atom. The minimum absolute atomic E-state index is 0.0194. The number of rotatable bonds is 4. The molecule has 174 valence electrons. The lowest BCUT2D eigenvalue weighted by molar-refractivity contribution is 0.0963. The summed E-state index contributed by atoms with van der Waals surface area (Å²) in [6.45, 7) is 3.60. The zero-order chi connectivity index (χ0) is 22.5. The van der Waals surface area contributed by atoms with E-state index in [1.165, 1.54) is 6.20 Å². The highest BCUT2D eigenvalue weighted by atomic mass is 35.5. The third kappa shape index (κ3) is 3.86. The largest absolute Gasteiger partial charge is 0.461 e. The van der Waals surface area contributed by atoms with Gasteiger partial charge in [0, 0.05) is 19.2 Å². The van der Waals surface area contributed by atoms with Crippen molar-refractivity contribution in [2.75, 3.05) is 44.4 Å². The van der Waals surface area contributed by atoms with E-state index in [1.54, 1.807) is 4.90 Å². The van der Waals surface area contributed by atoms with E-state index in [0.29, 0.717) is 30.8 Å². The Morgan fingerprint density at radius 3 is 2.94 bits per heavy atom. The van der Waals surface area contributed by atoms with Gasteiger partial charge in [0.2, 0.25) is 0 Å². The molecule has 0 saturated carbocycles. The monoisotopic (exact) mass is 471 g/mol. The molecule has 7 nitrogen and oxygen atoms in total. The number of aromatic nitrogens is 3. The fourth-order valence-corrected chi connectivity index (χ4v) is 5.27. The molecule has 2 unspecified atom stereocenters. The van der Waals surface area contributed by atoms with Crippen LogP contribution in [0.1, 0.15) is 26.2 Å². The molecule has 3 fully saturated rings. The van der Waals surface area contributed by atoms with E-state index in [0.717, 1.165) is 19.4 Å². The number of hydrogen-bond acceptors (Lipinski definition) is 7. The third-order valence-corrected chi connectivity index (χ3v) is 6.95. The highest BCUT2D eigenvalue weighted by Crippen LogP contribution is 2.40. The summed E-state index contributed by atoms with van der Waals surface area (Å²) >= 11 is 5.90. The first-order valence-corrected chi connectivity index (χ1v) is 11.3. The van der Waals surface area contributed by atoms with Gasteiger partial charge in [0.1, 0.15) is 30.3 Å². The Labute approximate surface area is 188 Å². The maximum atomic E-state index is 14.9. The van der Waals surface area contributed by atoms with E-state index in [-0.39, 0.29) is 42.5 Å². The summed E-state index contributed by atoms with van der Waals surface area (Å²) in [5.41, 5.74) is -0.451. The summed E-state index contributed by atoms with van der Waals surface area (Å²) in [5, 5.41) is -0.00844. The molecule has 2 aromatic heterocycles. The van der Waals surface area contributed by atoms with Crippen LogP contribution in [0.15, 0.2) is 6.20 Å². The van der Waals surface area contributed by atoms with E-state index in [1.807, 2.05) is 6.92 Å². The molecule has 0 bridgehead atoms. The maximum Gasteiger partial charge on any atom is 0.319 e. The van der Waals surface area contributed by atoms with Crippen LogP contribution in [0.2, 0.25) is 5.15 Å². The lowest BCUT2D eigenvalue weighted by atomic mass is 9.95. The van der Waals surface area contributed by atoms with Crippen LogP contribution in [0.4, 0.5) is 19.0 Å². The molecule has 0 N–H and O–H groups in total. The lowest BCUT2D eigenvalue weighted by Gasteiger charge is -2.31. The Kier molecular flexibility index (Phi) is 5.79. The normalized spacial score (nSPS) is 31.2. The quantitative estimate of drug-likeness (QED) is 0.634. The van der Waals surface area contributed by atoms with Gasteiger partial charge < -0.3 is 14.4 Å². The zero-order valence-corrected chi connectivity index (χ0v) is 18.5. The average Bonchev–Trinajstić information content (AvgIpc) is 3.22. The number of nitrogens with zero attached hydrogens (tertiary/aromatic N) is 5. The molecule has 0 amide bonds. The van der Waals surface area contributed by atoms with Crippen molar-refractivity contribution >= 4 is 28.3 Å². The molecule has 3 saturated heterocycles. The summed E-state index contributed by atoms with van der Waals surface area (Å²) < 4.78 is 54.6. The van der Waals surface area contributed by atoms with E-state index in [9.17, 15) is 13.2 Å². The van der Waals surface area contributed by atoms with Crippen molar-refractivity contribution in [3.8, 4) is 6.01 Å². The first-order valence-electron chi connectivity index (χ1n) is 10.9. The van der Waals surface area contributed by atoms with Gasteiger partial charge in [0.25, 0.3) is 0 Å². The standard InChI is InChI=1S/C21H25ClF3N5O2/c1-12-9-31-10-14(24)8-30(12)19-15-6-26-18(22)16(25)17(15)27-20(28-19)32-11-21-3-2-4-29(21)7-13(23)5-21/h6,12-14H,2-5,7-11H2,1H3/t12?,13-,14?,21+/m1/s1. The van der Waals surface area contributed by atoms with Crippen LogP contribution in [0.3, 0.4) is 0 Å². The molecule has 3 aliphatic heterocycles. The molecule has 5 heterocycles. The van der Waals surface area contributed by atoms with Gasteiger partial charge in [-0.2, -0.15) is 9.97 Å². The van der Waals surface area contributed by atoms with Gasteiger partial charge in [-0.3, -0.25) is 4.90 Å². The van der Waals surface area contributed by atoms with Crippen LogP contribution in [-0.2, 0) is 4.74 Å². The lowest BCUT2D eigenvalue weighted by Crippen LogP contribution is -2.43. The second kappa shape index (κ2) is 8.46. The summed E-state index contributed by atoms with van der Waals surface area (Å²) in [5.74, 6) is -0.484. The molecule has 0 spiro atoms. The number of pyridine rings is 1. The minimum atomic E-state index is -1.23. The van der Waals surface area contributed by atoms with Gasteiger partial charge in [-0.1, -0.05) is 11.6 Å².